The van der Waals surface area contributed by atoms with Crippen LogP contribution in [0.5, 0.6) is 0 Å². The Morgan fingerprint density at radius 1 is 1.27 bits per heavy atom. The predicted octanol–water partition coefficient (Wildman–Crippen LogP) is 2.98. The van der Waals surface area contributed by atoms with Gasteiger partial charge in [-0.05, 0) is 32.5 Å². The van der Waals surface area contributed by atoms with Crippen LogP contribution in [0.15, 0.2) is 36.2 Å². The molecule has 0 saturated heterocycles. The average Bonchev–Trinajstić information content (AvgIpc) is 2.05. The summed E-state index contributed by atoms with van der Waals surface area (Å²) in [7, 11) is 0. The largest absolute Gasteiger partial charge is 0.365 e. The second-order valence-electron chi connectivity index (χ2n) is 2.22. The molecule has 0 fully saturated rings. The van der Waals surface area contributed by atoms with Gasteiger partial charge in [-0.25, -0.2) is 0 Å². The summed E-state index contributed by atoms with van der Waals surface area (Å²) in [5.41, 5.74) is 1.24. The summed E-state index contributed by atoms with van der Waals surface area (Å²) in [4.78, 5) is 0. The summed E-state index contributed by atoms with van der Waals surface area (Å²) in [5.74, 6) is 0. The molecule has 0 aliphatic rings. The van der Waals surface area contributed by atoms with Crippen molar-refractivity contribution >= 4 is 0 Å². The van der Waals surface area contributed by atoms with E-state index in [9.17, 15) is 0 Å². The maximum Gasteiger partial charge on any atom is 0.0143 e. The first-order valence-corrected chi connectivity index (χ1v) is 4.04. The number of nitrogens with one attached hydrogen (secondary N) is 1. The van der Waals surface area contributed by atoms with Crippen LogP contribution in [0.4, 0.5) is 0 Å². The van der Waals surface area contributed by atoms with Gasteiger partial charge in [0.05, 0.1) is 0 Å². The van der Waals surface area contributed by atoms with E-state index in [1.165, 1.54) is 5.70 Å². The fourth-order valence-electron chi connectivity index (χ4n) is 0.671. The second kappa shape index (κ2) is 7.13. The van der Waals surface area contributed by atoms with Crippen molar-refractivity contribution in [1.29, 1.82) is 0 Å². The normalized spacial score (nSPS) is 13.2. The van der Waals surface area contributed by atoms with E-state index in [2.05, 4.69) is 18.3 Å². The van der Waals surface area contributed by atoms with Gasteiger partial charge in [0.2, 0.25) is 0 Å². The molecule has 0 saturated carbocycles. The van der Waals surface area contributed by atoms with Gasteiger partial charge in [0.25, 0.3) is 0 Å². The van der Waals surface area contributed by atoms with Gasteiger partial charge >= 0.3 is 0 Å². The standard InChI is InChI=1S/C10H17N/c1-4-7-8-10(6-3)11-9-5-2/h4-5,7-9,11H,6H2,1-3H3/b7-4+,9-5-,10-8-. The van der Waals surface area contributed by atoms with E-state index in [1.807, 2.05) is 38.3 Å². The van der Waals surface area contributed by atoms with E-state index in [0.29, 0.717) is 0 Å². The summed E-state index contributed by atoms with van der Waals surface area (Å²) >= 11 is 0. The zero-order valence-corrected chi connectivity index (χ0v) is 7.59. The van der Waals surface area contributed by atoms with Gasteiger partial charge in [-0.2, -0.15) is 0 Å². The van der Waals surface area contributed by atoms with Gasteiger partial charge in [0.15, 0.2) is 0 Å². The Morgan fingerprint density at radius 2 is 2.00 bits per heavy atom. The van der Waals surface area contributed by atoms with E-state index in [0.717, 1.165) is 6.42 Å². The van der Waals surface area contributed by atoms with Crippen molar-refractivity contribution in [2.24, 2.45) is 0 Å². The average molecular weight is 151 g/mol. The molecular formula is C10H17N. The van der Waals surface area contributed by atoms with Crippen molar-refractivity contribution in [2.45, 2.75) is 27.2 Å². The zero-order chi connectivity index (χ0) is 8.53. The molecule has 0 rings (SSSR count). The lowest BCUT2D eigenvalue weighted by Crippen LogP contribution is -2.02. The van der Waals surface area contributed by atoms with Gasteiger partial charge in [-0.1, -0.05) is 25.2 Å². The van der Waals surface area contributed by atoms with Crippen LogP contribution in [0.25, 0.3) is 0 Å². The first-order valence-electron chi connectivity index (χ1n) is 4.04. The Bertz CT molecular complexity index is 164. The second-order valence-corrected chi connectivity index (χ2v) is 2.22. The highest BCUT2D eigenvalue weighted by atomic mass is 14.8. The van der Waals surface area contributed by atoms with E-state index >= 15 is 0 Å². The summed E-state index contributed by atoms with van der Waals surface area (Å²) < 4.78 is 0. The molecule has 0 radical (unpaired) electrons. The highest BCUT2D eigenvalue weighted by Gasteiger charge is 1.84. The monoisotopic (exact) mass is 151 g/mol. The molecule has 0 heterocycles. The maximum absolute atomic E-state index is 3.18. The Kier molecular flexibility index (Phi) is 6.50. The van der Waals surface area contributed by atoms with Gasteiger partial charge in [0.1, 0.15) is 0 Å². The predicted molar refractivity (Wildman–Crippen MR) is 51.1 cm³/mol. The molecule has 11 heavy (non-hydrogen) atoms. The van der Waals surface area contributed by atoms with Crippen molar-refractivity contribution in [3.63, 3.8) is 0 Å². The van der Waals surface area contributed by atoms with Crippen molar-refractivity contribution in [3.8, 4) is 0 Å². The lowest BCUT2D eigenvalue weighted by molar-refractivity contribution is 0.942. The van der Waals surface area contributed by atoms with Gasteiger partial charge < -0.3 is 5.32 Å². The van der Waals surface area contributed by atoms with Crippen LogP contribution in [0.1, 0.15) is 27.2 Å². The minimum Gasteiger partial charge on any atom is -0.365 e. The smallest absolute Gasteiger partial charge is 0.0143 e. The van der Waals surface area contributed by atoms with Gasteiger partial charge in [-0.3, -0.25) is 0 Å². The van der Waals surface area contributed by atoms with Crippen molar-refractivity contribution in [2.75, 3.05) is 0 Å². The van der Waals surface area contributed by atoms with Crippen molar-refractivity contribution in [1.82, 2.24) is 5.32 Å². The van der Waals surface area contributed by atoms with E-state index in [-0.39, 0.29) is 0 Å². The number of rotatable bonds is 4. The summed E-state index contributed by atoms with van der Waals surface area (Å²) in [6.07, 6.45) is 11.1. The number of allylic oxidation sites excluding steroid dienone is 5. The van der Waals surface area contributed by atoms with Crippen molar-refractivity contribution in [3.05, 3.63) is 36.2 Å². The minimum absolute atomic E-state index is 1.04. The van der Waals surface area contributed by atoms with Crippen LogP contribution in [0.3, 0.4) is 0 Å². The lowest BCUT2D eigenvalue weighted by atomic mass is 10.3. The first-order chi connectivity index (χ1) is 5.35. The maximum atomic E-state index is 3.18. The summed E-state index contributed by atoms with van der Waals surface area (Å²) in [6.45, 7) is 6.14. The molecule has 0 aliphatic carbocycles. The third-order valence-corrected chi connectivity index (χ3v) is 1.31. The van der Waals surface area contributed by atoms with Crippen LogP contribution in [0, 0.1) is 0 Å². The molecule has 0 amide bonds. The minimum atomic E-state index is 1.04. The highest BCUT2D eigenvalue weighted by Crippen LogP contribution is 1.95. The van der Waals surface area contributed by atoms with Gasteiger partial charge in [0, 0.05) is 5.70 Å². The zero-order valence-electron chi connectivity index (χ0n) is 7.59. The Morgan fingerprint density at radius 3 is 2.45 bits per heavy atom. The number of hydrogen-bond donors (Lipinski definition) is 1. The van der Waals surface area contributed by atoms with Crippen LogP contribution in [-0.4, -0.2) is 0 Å². The van der Waals surface area contributed by atoms with Crippen LogP contribution in [0.2, 0.25) is 0 Å². The SMILES string of the molecule is C/C=C\N/C(=C\C=C\C)CC. The molecule has 0 aliphatic heterocycles. The number of hydrogen-bond acceptors (Lipinski definition) is 1. The van der Waals surface area contributed by atoms with Crippen LogP contribution in [-0.2, 0) is 0 Å². The molecule has 0 bridgehead atoms. The Balaban J connectivity index is 3.93. The topological polar surface area (TPSA) is 12.0 Å². The van der Waals surface area contributed by atoms with E-state index in [1.54, 1.807) is 0 Å². The quantitative estimate of drug-likeness (QED) is 0.609. The highest BCUT2D eigenvalue weighted by molar-refractivity contribution is 5.11. The molecule has 0 aromatic carbocycles. The first kappa shape index (κ1) is 10.0. The molecule has 0 aromatic heterocycles. The Labute approximate surface area is 69.5 Å². The molecule has 0 aromatic rings. The molecule has 1 heteroatoms. The lowest BCUT2D eigenvalue weighted by Gasteiger charge is -2.00. The van der Waals surface area contributed by atoms with Crippen LogP contribution < -0.4 is 5.32 Å². The van der Waals surface area contributed by atoms with E-state index < -0.39 is 0 Å². The third kappa shape index (κ3) is 5.46. The molecule has 0 atom stereocenters. The van der Waals surface area contributed by atoms with Crippen LogP contribution >= 0.6 is 0 Å². The fourth-order valence-corrected chi connectivity index (χ4v) is 0.671. The summed E-state index contributed by atoms with van der Waals surface area (Å²) in [5, 5.41) is 3.18. The molecule has 0 unspecified atom stereocenters. The molecule has 1 nitrogen and oxygen atoms in total. The van der Waals surface area contributed by atoms with E-state index in [4.69, 9.17) is 0 Å². The van der Waals surface area contributed by atoms with Gasteiger partial charge in [-0.15, -0.1) is 0 Å². The van der Waals surface area contributed by atoms with Crippen molar-refractivity contribution < 1.29 is 0 Å². The Hall–Kier alpha value is -0.980. The summed E-state index contributed by atoms with van der Waals surface area (Å²) in [6, 6.07) is 0. The fraction of sp³-hybridized carbons (Fsp3) is 0.400. The third-order valence-electron chi connectivity index (χ3n) is 1.31. The molecular weight excluding hydrogens is 134 g/mol. The molecule has 1 N–H and O–H groups in total. The molecule has 62 valence electrons. The molecule has 0 spiro atoms.